The van der Waals surface area contributed by atoms with E-state index in [9.17, 15) is 18.0 Å². The molecule has 0 N–H and O–H groups in total. The zero-order valence-corrected chi connectivity index (χ0v) is 20.9. The number of methoxy groups -OCH3 is 1. The third-order valence-corrected chi connectivity index (χ3v) is 5.91. The standard InChI is InChI=1S/C27H29F3N2O4/c1-26(2,3)36-24(25(33)34-5)23-20(27(28,29)30)10-9-19(18-14-31-32(4)15-18)22(23)17-8-11-21-16(13-17)7-6-12-35-21/h8-11,13-15,24H,6-7,12H2,1-5H3. The van der Waals surface area contributed by atoms with Crippen molar-refractivity contribution in [3.05, 3.63) is 59.4 Å². The second-order valence-corrected chi connectivity index (χ2v) is 9.76. The van der Waals surface area contributed by atoms with E-state index < -0.39 is 29.4 Å². The van der Waals surface area contributed by atoms with Crippen molar-refractivity contribution in [2.45, 2.75) is 51.5 Å². The molecule has 0 spiro atoms. The summed E-state index contributed by atoms with van der Waals surface area (Å²) in [6, 6.07) is 7.72. The molecule has 0 radical (unpaired) electrons. The first kappa shape index (κ1) is 25.8. The van der Waals surface area contributed by atoms with Crippen LogP contribution in [0.3, 0.4) is 0 Å². The van der Waals surface area contributed by atoms with Crippen LogP contribution in [0.2, 0.25) is 0 Å². The van der Waals surface area contributed by atoms with Crippen molar-refractivity contribution in [3.63, 3.8) is 0 Å². The van der Waals surface area contributed by atoms with Gasteiger partial charge in [0.1, 0.15) is 5.75 Å². The molecule has 2 aromatic carbocycles. The summed E-state index contributed by atoms with van der Waals surface area (Å²) in [5.74, 6) is -0.210. The molecule has 1 aromatic heterocycles. The number of carbonyl (C=O) groups excluding carboxylic acids is 1. The minimum atomic E-state index is -4.75. The Morgan fingerprint density at radius 2 is 1.89 bits per heavy atom. The van der Waals surface area contributed by atoms with Gasteiger partial charge in [-0.15, -0.1) is 0 Å². The topological polar surface area (TPSA) is 62.6 Å². The number of aryl methyl sites for hydroxylation is 2. The number of alkyl halides is 3. The highest BCUT2D eigenvalue weighted by Crippen LogP contribution is 2.47. The summed E-state index contributed by atoms with van der Waals surface area (Å²) in [7, 11) is 2.86. The van der Waals surface area contributed by atoms with Crippen LogP contribution in [-0.4, -0.2) is 35.1 Å². The molecule has 0 fully saturated rings. The molecule has 1 aliphatic heterocycles. The quantitative estimate of drug-likeness (QED) is 0.393. The van der Waals surface area contributed by atoms with Crippen LogP contribution in [0.5, 0.6) is 5.75 Å². The fourth-order valence-corrected chi connectivity index (χ4v) is 4.45. The monoisotopic (exact) mass is 502 g/mol. The SMILES string of the molecule is COC(=O)C(OC(C)(C)C)c1c(C(F)(F)F)ccc(-c2cnn(C)c2)c1-c1ccc2c(c1)CCCO2. The van der Waals surface area contributed by atoms with Gasteiger partial charge in [0.15, 0.2) is 6.10 Å². The highest BCUT2D eigenvalue weighted by Gasteiger charge is 2.42. The Kier molecular flexibility index (Phi) is 6.88. The predicted molar refractivity (Wildman–Crippen MR) is 128 cm³/mol. The number of halogens is 3. The Hall–Kier alpha value is -3.33. The van der Waals surface area contributed by atoms with Gasteiger partial charge in [0.2, 0.25) is 0 Å². The predicted octanol–water partition coefficient (Wildman–Crippen LogP) is 6.13. The van der Waals surface area contributed by atoms with E-state index in [1.54, 1.807) is 57.0 Å². The van der Waals surface area contributed by atoms with Crippen LogP contribution < -0.4 is 4.74 Å². The van der Waals surface area contributed by atoms with Crippen LogP contribution >= 0.6 is 0 Å². The fraction of sp³-hybridized carbons (Fsp3) is 0.407. The second kappa shape index (κ2) is 9.61. The summed E-state index contributed by atoms with van der Waals surface area (Å²) in [5.41, 5.74) is 0.570. The molecule has 0 saturated heterocycles. The molecule has 1 unspecified atom stereocenters. The smallest absolute Gasteiger partial charge is 0.416 e. The van der Waals surface area contributed by atoms with Crippen molar-refractivity contribution >= 4 is 5.97 Å². The fourth-order valence-electron chi connectivity index (χ4n) is 4.45. The van der Waals surface area contributed by atoms with Crippen molar-refractivity contribution in [1.29, 1.82) is 0 Å². The van der Waals surface area contributed by atoms with E-state index in [1.165, 1.54) is 6.07 Å². The summed E-state index contributed by atoms with van der Waals surface area (Å²) >= 11 is 0. The van der Waals surface area contributed by atoms with Gasteiger partial charge in [-0.2, -0.15) is 18.3 Å². The van der Waals surface area contributed by atoms with Gasteiger partial charge >= 0.3 is 12.1 Å². The number of esters is 1. The lowest BCUT2D eigenvalue weighted by Gasteiger charge is -2.30. The maximum Gasteiger partial charge on any atom is 0.416 e. The minimum Gasteiger partial charge on any atom is -0.493 e. The molecule has 36 heavy (non-hydrogen) atoms. The van der Waals surface area contributed by atoms with Gasteiger partial charge < -0.3 is 14.2 Å². The number of carbonyl (C=O) groups is 1. The van der Waals surface area contributed by atoms with Crippen LogP contribution in [0.25, 0.3) is 22.3 Å². The Bertz CT molecular complexity index is 1270. The normalized spacial score (nSPS) is 14.7. The number of benzene rings is 2. The molecule has 192 valence electrons. The van der Waals surface area contributed by atoms with Crippen LogP contribution in [0.15, 0.2) is 42.7 Å². The Morgan fingerprint density at radius 3 is 2.50 bits per heavy atom. The first-order chi connectivity index (χ1) is 16.9. The highest BCUT2D eigenvalue weighted by atomic mass is 19.4. The van der Waals surface area contributed by atoms with Gasteiger partial charge in [0.05, 0.1) is 31.1 Å². The van der Waals surface area contributed by atoms with Gasteiger partial charge in [-0.05, 0) is 74.1 Å². The third kappa shape index (κ3) is 5.26. The molecular formula is C27H29F3N2O4. The maximum atomic E-state index is 14.5. The van der Waals surface area contributed by atoms with Crippen LogP contribution in [0, 0.1) is 0 Å². The van der Waals surface area contributed by atoms with Gasteiger partial charge in [-0.1, -0.05) is 12.1 Å². The van der Waals surface area contributed by atoms with Crippen molar-refractivity contribution in [2.24, 2.45) is 7.05 Å². The van der Waals surface area contributed by atoms with Gasteiger partial charge in [0.25, 0.3) is 0 Å². The highest BCUT2D eigenvalue weighted by molar-refractivity contribution is 5.91. The molecular weight excluding hydrogens is 473 g/mol. The van der Waals surface area contributed by atoms with Crippen molar-refractivity contribution in [2.75, 3.05) is 13.7 Å². The lowest BCUT2D eigenvalue weighted by atomic mass is 9.84. The van der Waals surface area contributed by atoms with Crippen LogP contribution in [0.4, 0.5) is 13.2 Å². The first-order valence-electron chi connectivity index (χ1n) is 11.6. The molecule has 1 atom stereocenters. The lowest BCUT2D eigenvalue weighted by molar-refractivity contribution is -0.166. The summed E-state index contributed by atoms with van der Waals surface area (Å²) in [6.45, 7) is 5.62. The zero-order chi connectivity index (χ0) is 26.3. The van der Waals surface area contributed by atoms with E-state index in [2.05, 4.69) is 5.10 Å². The molecule has 1 aliphatic rings. The zero-order valence-electron chi connectivity index (χ0n) is 20.9. The van der Waals surface area contributed by atoms with Crippen LogP contribution in [0.1, 0.15) is 50.0 Å². The first-order valence-corrected chi connectivity index (χ1v) is 11.6. The Labute approximate surface area is 208 Å². The number of fused-ring (bicyclic) bond motifs is 1. The van der Waals surface area contributed by atoms with Crippen molar-refractivity contribution < 1.29 is 32.2 Å². The van der Waals surface area contributed by atoms with Crippen molar-refractivity contribution in [3.8, 4) is 28.0 Å². The second-order valence-electron chi connectivity index (χ2n) is 9.76. The molecule has 0 bridgehead atoms. The van der Waals surface area contributed by atoms with Gasteiger partial charge in [0, 0.05) is 24.4 Å². The van der Waals surface area contributed by atoms with Gasteiger partial charge in [-0.25, -0.2) is 4.79 Å². The number of aromatic nitrogens is 2. The Balaban J connectivity index is 2.10. The number of ether oxygens (including phenoxy) is 3. The van der Waals surface area contributed by atoms with E-state index in [4.69, 9.17) is 14.2 Å². The van der Waals surface area contributed by atoms with E-state index in [1.807, 2.05) is 6.07 Å². The third-order valence-electron chi connectivity index (χ3n) is 5.91. The van der Waals surface area contributed by atoms with E-state index in [-0.39, 0.29) is 11.1 Å². The van der Waals surface area contributed by atoms with Crippen molar-refractivity contribution in [1.82, 2.24) is 9.78 Å². The number of rotatable bonds is 5. The molecule has 2 heterocycles. The lowest BCUT2D eigenvalue weighted by Crippen LogP contribution is -2.30. The molecule has 9 heteroatoms. The summed E-state index contributed by atoms with van der Waals surface area (Å²) in [5, 5.41) is 4.21. The summed E-state index contributed by atoms with van der Waals surface area (Å²) < 4.78 is 61.6. The number of nitrogens with zero attached hydrogens (tertiary/aromatic N) is 2. The average molecular weight is 503 g/mol. The molecule has 0 saturated carbocycles. The summed E-state index contributed by atoms with van der Waals surface area (Å²) in [4.78, 5) is 13.0. The van der Waals surface area contributed by atoms with E-state index in [0.717, 1.165) is 31.6 Å². The van der Waals surface area contributed by atoms with E-state index in [0.29, 0.717) is 29.0 Å². The Morgan fingerprint density at radius 1 is 1.14 bits per heavy atom. The number of hydrogen-bond donors (Lipinski definition) is 0. The number of hydrogen-bond acceptors (Lipinski definition) is 5. The van der Waals surface area contributed by atoms with E-state index >= 15 is 0 Å². The molecule has 6 nitrogen and oxygen atoms in total. The molecule has 0 aliphatic carbocycles. The van der Waals surface area contributed by atoms with Gasteiger partial charge in [-0.3, -0.25) is 4.68 Å². The minimum absolute atomic E-state index is 0.242. The summed E-state index contributed by atoms with van der Waals surface area (Å²) in [6.07, 6.45) is -1.53. The largest absolute Gasteiger partial charge is 0.493 e. The molecule has 3 aromatic rings. The molecule has 4 rings (SSSR count). The maximum absolute atomic E-state index is 14.5. The van der Waals surface area contributed by atoms with Crippen LogP contribution in [-0.2, 0) is 33.9 Å². The average Bonchev–Trinajstić information content (AvgIpc) is 3.25. The molecule has 0 amide bonds.